The number of hydrogen-bond donors (Lipinski definition) is 2. The zero-order valence-electron chi connectivity index (χ0n) is 16.0. The van der Waals surface area contributed by atoms with Crippen molar-refractivity contribution in [3.8, 4) is 17.2 Å². The first-order chi connectivity index (χ1) is 12.3. The van der Waals surface area contributed by atoms with E-state index in [1.54, 1.807) is 51.8 Å². The Labute approximate surface area is 153 Å². The molecule has 7 nitrogen and oxygen atoms in total. The van der Waals surface area contributed by atoms with Crippen LogP contribution in [0.4, 0.5) is 11.5 Å². The van der Waals surface area contributed by atoms with Gasteiger partial charge in [-0.3, -0.25) is 4.79 Å². The van der Waals surface area contributed by atoms with Crippen LogP contribution in [0, 0.1) is 0 Å². The lowest BCUT2D eigenvalue weighted by Crippen LogP contribution is -2.40. The maximum Gasteiger partial charge on any atom is 0.251 e. The quantitative estimate of drug-likeness (QED) is 0.823. The van der Waals surface area contributed by atoms with E-state index in [4.69, 9.17) is 14.2 Å². The van der Waals surface area contributed by atoms with Crippen molar-refractivity contribution in [1.29, 1.82) is 0 Å². The maximum atomic E-state index is 12.3. The van der Waals surface area contributed by atoms with Gasteiger partial charge in [0.15, 0.2) is 11.5 Å². The summed E-state index contributed by atoms with van der Waals surface area (Å²) in [5.41, 5.74) is 0.898. The van der Waals surface area contributed by atoms with E-state index in [2.05, 4.69) is 15.6 Å². The number of rotatable bonds is 6. The Balaban J connectivity index is 2.29. The summed E-state index contributed by atoms with van der Waals surface area (Å²) in [5.74, 6) is 1.92. The van der Waals surface area contributed by atoms with E-state index in [9.17, 15) is 4.79 Å². The van der Waals surface area contributed by atoms with Crippen molar-refractivity contribution in [3.63, 3.8) is 0 Å². The minimum absolute atomic E-state index is 0.159. The second-order valence-electron chi connectivity index (χ2n) is 6.67. The zero-order chi connectivity index (χ0) is 19.3. The number of anilines is 2. The molecule has 1 aromatic heterocycles. The third-order valence-corrected chi connectivity index (χ3v) is 3.45. The highest BCUT2D eigenvalue weighted by molar-refractivity contribution is 5.95. The molecule has 2 rings (SSSR count). The molecule has 140 valence electrons. The van der Waals surface area contributed by atoms with Crippen LogP contribution in [0.3, 0.4) is 0 Å². The number of nitrogens with one attached hydrogen (secondary N) is 2. The second-order valence-corrected chi connectivity index (χ2v) is 6.67. The molecule has 1 amide bonds. The van der Waals surface area contributed by atoms with Gasteiger partial charge in [-0.2, -0.15) is 0 Å². The minimum Gasteiger partial charge on any atom is -0.493 e. The number of methoxy groups -OCH3 is 3. The van der Waals surface area contributed by atoms with E-state index in [0.29, 0.717) is 34.3 Å². The lowest BCUT2D eigenvalue weighted by molar-refractivity contribution is 0.0919. The summed E-state index contributed by atoms with van der Waals surface area (Å²) in [6.07, 6.45) is 1.58. The van der Waals surface area contributed by atoms with Gasteiger partial charge < -0.3 is 24.8 Å². The first-order valence-electron chi connectivity index (χ1n) is 8.13. The van der Waals surface area contributed by atoms with Crippen LogP contribution < -0.4 is 24.8 Å². The standard InChI is InChI=1S/C19H25N3O4/c1-19(2,3)22-18(23)12-7-8-20-16(9-12)21-13-10-14(24-4)17(26-6)15(11-13)25-5/h7-11H,1-6H3,(H,20,21)(H,22,23). The van der Waals surface area contributed by atoms with Gasteiger partial charge in [0, 0.05) is 35.1 Å². The van der Waals surface area contributed by atoms with Crippen molar-refractivity contribution in [2.75, 3.05) is 26.6 Å². The molecule has 0 bridgehead atoms. The topological polar surface area (TPSA) is 81.7 Å². The van der Waals surface area contributed by atoms with Crippen LogP contribution in [0.1, 0.15) is 31.1 Å². The van der Waals surface area contributed by atoms with Gasteiger partial charge in [-0.05, 0) is 32.9 Å². The third-order valence-electron chi connectivity index (χ3n) is 3.45. The van der Waals surface area contributed by atoms with Crippen molar-refractivity contribution in [2.24, 2.45) is 0 Å². The predicted molar refractivity (Wildman–Crippen MR) is 101 cm³/mol. The Kier molecular flexibility index (Phi) is 5.92. The van der Waals surface area contributed by atoms with Gasteiger partial charge in [-0.15, -0.1) is 0 Å². The smallest absolute Gasteiger partial charge is 0.251 e. The summed E-state index contributed by atoms with van der Waals surface area (Å²) in [6, 6.07) is 6.89. The van der Waals surface area contributed by atoms with E-state index < -0.39 is 0 Å². The number of aromatic nitrogens is 1. The first kappa shape index (κ1) is 19.4. The van der Waals surface area contributed by atoms with Crippen LogP contribution in [-0.2, 0) is 0 Å². The van der Waals surface area contributed by atoms with Gasteiger partial charge in [-0.25, -0.2) is 4.98 Å². The number of amides is 1. The van der Waals surface area contributed by atoms with E-state index >= 15 is 0 Å². The molecule has 0 saturated carbocycles. The summed E-state index contributed by atoms with van der Waals surface area (Å²) in [6.45, 7) is 5.80. The van der Waals surface area contributed by atoms with Crippen molar-refractivity contribution in [3.05, 3.63) is 36.0 Å². The highest BCUT2D eigenvalue weighted by atomic mass is 16.5. The molecule has 7 heteroatoms. The van der Waals surface area contributed by atoms with Crippen LogP contribution >= 0.6 is 0 Å². The number of carbonyl (C=O) groups is 1. The molecule has 0 aliphatic rings. The van der Waals surface area contributed by atoms with E-state index in [-0.39, 0.29) is 11.4 Å². The molecule has 0 radical (unpaired) electrons. The molecular weight excluding hydrogens is 334 g/mol. The molecule has 0 aliphatic heterocycles. The highest BCUT2D eigenvalue weighted by Gasteiger charge is 2.17. The largest absolute Gasteiger partial charge is 0.493 e. The molecule has 26 heavy (non-hydrogen) atoms. The maximum absolute atomic E-state index is 12.3. The van der Waals surface area contributed by atoms with Gasteiger partial charge in [0.1, 0.15) is 5.82 Å². The van der Waals surface area contributed by atoms with Gasteiger partial charge in [-0.1, -0.05) is 0 Å². The van der Waals surface area contributed by atoms with Crippen molar-refractivity contribution < 1.29 is 19.0 Å². The Hall–Kier alpha value is -2.96. The summed E-state index contributed by atoms with van der Waals surface area (Å²) in [7, 11) is 4.65. The Morgan fingerprint density at radius 1 is 1.00 bits per heavy atom. The Morgan fingerprint density at radius 3 is 2.12 bits per heavy atom. The second kappa shape index (κ2) is 7.95. The normalized spacial score (nSPS) is 10.8. The fraction of sp³-hybridized carbons (Fsp3) is 0.368. The lowest BCUT2D eigenvalue weighted by atomic mass is 10.1. The molecule has 0 fully saturated rings. The number of benzene rings is 1. The van der Waals surface area contributed by atoms with Crippen LogP contribution in [0.25, 0.3) is 0 Å². The number of nitrogens with zero attached hydrogens (tertiary/aromatic N) is 1. The van der Waals surface area contributed by atoms with Crippen molar-refractivity contribution in [2.45, 2.75) is 26.3 Å². The van der Waals surface area contributed by atoms with Crippen LogP contribution in [0.2, 0.25) is 0 Å². The number of carbonyl (C=O) groups excluding carboxylic acids is 1. The van der Waals surface area contributed by atoms with E-state index in [1.807, 2.05) is 20.8 Å². The van der Waals surface area contributed by atoms with E-state index in [1.165, 1.54) is 0 Å². The molecule has 0 saturated heterocycles. The molecule has 0 aliphatic carbocycles. The highest BCUT2D eigenvalue weighted by Crippen LogP contribution is 2.40. The average molecular weight is 359 g/mol. The third kappa shape index (κ3) is 4.78. The first-order valence-corrected chi connectivity index (χ1v) is 8.13. The Morgan fingerprint density at radius 2 is 1.62 bits per heavy atom. The SMILES string of the molecule is COc1cc(Nc2cc(C(=O)NC(C)(C)C)ccn2)cc(OC)c1OC. The van der Waals surface area contributed by atoms with Crippen molar-refractivity contribution in [1.82, 2.24) is 10.3 Å². The summed E-state index contributed by atoms with van der Waals surface area (Å²) < 4.78 is 16.0. The van der Waals surface area contributed by atoms with Gasteiger partial charge in [0.05, 0.1) is 21.3 Å². The fourth-order valence-electron chi connectivity index (χ4n) is 2.35. The molecular formula is C19H25N3O4. The van der Waals surface area contributed by atoms with Crippen LogP contribution in [0.5, 0.6) is 17.2 Å². The van der Waals surface area contributed by atoms with Crippen molar-refractivity contribution >= 4 is 17.4 Å². The van der Waals surface area contributed by atoms with Crippen LogP contribution in [0.15, 0.2) is 30.5 Å². The fourth-order valence-corrected chi connectivity index (χ4v) is 2.35. The van der Waals surface area contributed by atoms with Gasteiger partial charge >= 0.3 is 0 Å². The Bertz CT molecular complexity index is 760. The summed E-state index contributed by atoms with van der Waals surface area (Å²) in [5, 5.41) is 6.08. The molecule has 2 aromatic rings. The molecule has 1 heterocycles. The predicted octanol–water partition coefficient (Wildman–Crippen LogP) is 3.38. The number of pyridine rings is 1. The number of hydrogen-bond acceptors (Lipinski definition) is 6. The molecule has 2 N–H and O–H groups in total. The monoisotopic (exact) mass is 359 g/mol. The molecule has 0 atom stereocenters. The van der Waals surface area contributed by atoms with Gasteiger partial charge in [0.2, 0.25) is 5.75 Å². The zero-order valence-corrected chi connectivity index (χ0v) is 16.0. The van der Waals surface area contributed by atoms with Crippen LogP contribution in [-0.4, -0.2) is 37.8 Å². The summed E-state index contributed by atoms with van der Waals surface area (Å²) >= 11 is 0. The lowest BCUT2D eigenvalue weighted by Gasteiger charge is -2.20. The molecule has 0 unspecified atom stereocenters. The van der Waals surface area contributed by atoms with Gasteiger partial charge in [0.25, 0.3) is 5.91 Å². The number of ether oxygens (including phenoxy) is 3. The summed E-state index contributed by atoms with van der Waals surface area (Å²) in [4.78, 5) is 16.6. The molecule has 1 aromatic carbocycles. The van der Waals surface area contributed by atoms with E-state index in [0.717, 1.165) is 0 Å². The minimum atomic E-state index is -0.315. The average Bonchev–Trinajstić information content (AvgIpc) is 2.59. The molecule has 0 spiro atoms.